The quantitative estimate of drug-likeness (QED) is 0.838. The summed E-state index contributed by atoms with van der Waals surface area (Å²) in [6.45, 7) is 2.45. The number of hydrogen-bond donors (Lipinski definition) is 1. The number of hydrogen-bond acceptors (Lipinski definition) is 2. The van der Waals surface area contributed by atoms with E-state index >= 15 is 0 Å². The van der Waals surface area contributed by atoms with Crippen molar-refractivity contribution in [1.82, 2.24) is 4.98 Å². The van der Waals surface area contributed by atoms with Crippen LogP contribution in [0.4, 0.5) is 4.39 Å². The maximum atomic E-state index is 13.6. The SMILES string of the molecule is Cc1cc(CN)ccc1-c1ccncc1F. The zero-order valence-corrected chi connectivity index (χ0v) is 9.07. The van der Waals surface area contributed by atoms with E-state index in [1.54, 1.807) is 12.3 Å². The van der Waals surface area contributed by atoms with Gasteiger partial charge in [-0.2, -0.15) is 0 Å². The molecular weight excluding hydrogens is 203 g/mol. The first-order valence-electron chi connectivity index (χ1n) is 5.12. The van der Waals surface area contributed by atoms with Crippen LogP contribution in [0.5, 0.6) is 0 Å². The Hall–Kier alpha value is -1.74. The van der Waals surface area contributed by atoms with Crippen molar-refractivity contribution in [2.24, 2.45) is 5.73 Å². The van der Waals surface area contributed by atoms with Gasteiger partial charge in [-0.1, -0.05) is 18.2 Å². The molecule has 1 aromatic heterocycles. The molecule has 0 spiro atoms. The van der Waals surface area contributed by atoms with Crippen LogP contribution < -0.4 is 5.73 Å². The Labute approximate surface area is 93.9 Å². The summed E-state index contributed by atoms with van der Waals surface area (Å²) in [4.78, 5) is 3.74. The largest absolute Gasteiger partial charge is 0.326 e. The summed E-state index contributed by atoms with van der Waals surface area (Å²) in [6, 6.07) is 7.48. The van der Waals surface area contributed by atoms with E-state index in [4.69, 9.17) is 5.73 Å². The molecule has 0 atom stereocenters. The fourth-order valence-corrected chi connectivity index (χ4v) is 1.75. The third kappa shape index (κ3) is 1.95. The maximum Gasteiger partial charge on any atom is 0.149 e. The number of aromatic nitrogens is 1. The predicted octanol–water partition coefficient (Wildman–Crippen LogP) is 2.65. The van der Waals surface area contributed by atoms with Crippen LogP contribution in [0.15, 0.2) is 36.7 Å². The van der Waals surface area contributed by atoms with Crippen LogP contribution in [0.25, 0.3) is 11.1 Å². The van der Waals surface area contributed by atoms with Crippen molar-refractivity contribution in [2.45, 2.75) is 13.5 Å². The number of benzene rings is 1. The van der Waals surface area contributed by atoms with E-state index in [1.165, 1.54) is 6.20 Å². The Balaban J connectivity index is 2.53. The zero-order valence-electron chi connectivity index (χ0n) is 9.07. The van der Waals surface area contributed by atoms with Crippen molar-refractivity contribution in [3.8, 4) is 11.1 Å². The first-order chi connectivity index (χ1) is 7.72. The molecule has 0 unspecified atom stereocenters. The van der Waals surface area contributed by atoms with Crippen LogP contribution in [0.2, 0.25) is 0 Å². The van der Waals surface area contributed by atoms with Crippen LogP contribution >= 0.6 is 0 Å². The van der Waals surface area contributed by atoms with Crippen molar-refractivity contribution in [3.05, 3.63) is 53.6 Å². The normalized spacial score (nSPS) is 10.4. The average Bonchev–Trinajstić information content (AvgIpc) is 2.30. The highest BCUT2D eigenvalue weighted by atomic mass is 19.1. The fourth-order valence-electron chi connectivity index (χ4n) is 1.75. The molecular formula is C13H13FN2. The van der Waals surface area contributed by atoms with Crippen LogP contribution in [0, 0.1) is 12.7 Å². The van der Waals surface area contributed by atoms with E-state index in [0.29, 0.717) is 12.1 Å². The Morgan fingerprint density at radius 1 is 1.25 bits per heavy atom. The lowest BCUT2D eigenvalue weighted by Gasteiger charge is -2.08. The highest BCUT2D eigenvalue weighted by molar-refractivity contribution is 5.67. The zero-order chi connectivity index (χ0) is 11.5. The molecule has 0 saturated heterocycles. The van der Waals surface area contributed by atoms with Gasteiger partial charge in [0.2, 0.25) is 0 Å². The Bertz CT molecular complexity index is 509. The van der Waals surface area contributed by atoms with E-state index in [0.717, 1.165) is 16.7 Å². The highest BCUT2D eigenvalue weighted by Gasteiger charge is 2.07. The van der Waals surface area contributed by atoms with Gasteiger partial charge in [-0.25, -0.2) is 4.39 Å². The molecule has 0 fully saturated rings. The molecule has 2 N–H and O–H groups in total. The van der Waals surface area contributed by atoms with Gasteiger partial charge in [-0.3, -0.25) is 4.98 Å². The second-order valence-corrected chi connectivity index (χ2v) is 3.71. The number of rotatable bonds is 2. The van der Waals surface area contributed by atoms with Crippen LogP contribution in [0.1, 0.15) is 11.1 Å². The van der Waals surface area contributed by atoms with Gasteiger partial charge in [0, 0.05) is 18.3 Å². The fraction of sp³-hybridized carbons (Fsp3) is 0.154. The summed E-state index contributed by atoms with van der Waals surface area (Å²) in [5.41, 5.74) is 9.09. The molecule has 3 heteroatoms. The molecule has 16 heavy (non-hydrogen) atoms. The summed E-state index contributed by atoms with van der Waals surface area (Å²) in [5, 5.41) is 0. The summed E-state index contributed by atoms with van der Waals surface area (Å²) < 4.78 is 13.6. The van der Waals surface area contributed by atoms with Crippen molar-refractivity contribution in [1.29, 1.82) is 0 Å². The minimum atomic E-state index is -0.300. The topological polar surface area (TPSA) is 38.9 Å². The van der Waals surface area contributed by atoms with Gasteiger partial charge in [-0.15, -0.1) is 0 Å². The van der Waals surface area contributed by atoms with Gasteiger partial charge in [-0.05, 0) is 29.7 Å². The summed E-state index contributed by atoms with van der Waals surface area (Å²) in [5.74, 6) is -0.300. The lowest BCUT2D eigenvalue weighted by Crippen LogP contribution is -1.97. The lowest BCUT2D eigenvalue weighted by atomic mass is 9.99. The van der Waals surface area contributed by atoms with Gasteiger partial charge < -0.3 is 5.73 Å². The van der Waals surface area contributed by atoms with Crippen molar-refractivity contribution < 1.29 is 4.39 Å². The van der Waals surface area contributed by atoms with Gasteiger partial charge in [0.15, 0.2) is 0 Å². The third-order valence-electron chi connectivity index (χ3n) is 2.59. The molecule has 1 heterocycles. The molecule has 2 nitrogen and oxygen atoms in total. The molecule has 0 amide bonds. The molecule has 0 aliphatic rings. The van der Waals surface area contributed by atoms with Crippen LogP contribution in [-0.4, -0.2) is 4.98 Å². The second-order valence-electron chi connectivity index (χ2n) is 3.71. The van der Waals surface area contributed by atoms with Gasteiger partial charge in [0.25, 0.3) is 0 Å². The van der Waals surface area contributed by atoms with Crippen LogP contribution in [0.3, 0.4) is 0 Å². The highest BCUT2D eigenvalue weighted by Crippen LogP contribution is 2.25. The van der Waals surface area contributed by atoms with E-state index in [9.17, 15) is 4.39 Å². The molecule has 0 saturated carbocycles. The third-order valence-corrected chi connectivity index (χ3v) is 2.59. The number of nitrogens with two attached hydrogens (primary N) is 1. The Morgan fingerprint density at radius 3 is 2.69 bits per heavy atom. The number of aryl methyl sites for hydroxylation is 1. The van der Waals surface area contributed by atoms with E-state index in [2.05, 4.69) is 4.98 Å². The number of nitrogens with zero attached hydrogens (tertiary/aromatic N) is 1. The van der Waals surface area contributed by atoms with Gasteiger partial charge >= 0.3 is 0 Å². The van der Waals surface area contributed by atoms with Gasteiger partial charge in [0.1, 0.15) is 5.82 Å². The van der Waals surface area contributed by atoms with Crippen molar-refractivity contribution >= 4 is 0 Å². The summed E-state index contributed by atoms with van der Waals surface area (Å²) in [7, 11) is 0. The summed E-state index contributed by atoms with van der Waals surface area (Å²) in [6.07, 6.45) is 2.82. The smallest absolute Gasteiger partial charge is 0.149 e. The average molecular weight is 216 g/mol. The molecule has 0 radical (unpaired) electrons. The van der Waals surface area contributed by atoms with Crippen molar-refractivity contribution in [2.75, 3.05) is 0 Å². The van der Waals surface area contributed by atoms with E-state index in [-0.39, 0.29) is 5.82 Å². The molecule has 82 valence electrons. The Kier molecular flexibility index (Phi) is 2.97. The first-order valence-corrected chi connectivity index (χ1v) is 5.12. The molecule has 1 aromatic carbocycles. The minimum absolute atomic E-state index is 0.300. The molecule has 2 rings (SSSR count). The van der Waals surface area contributed by atoms with Crippen molar-refractivity contribution in [3.63, 3.8) is 0 Å². The monoisotopic (exact) mass is 216 g/mol. The van der Waals surface area contributed by atoms with Gasteiger partial charge in [0.05, 0.1) is 6.20 Å². The minimum Gasteiger partial charge on any atom is -0.326 e. The molecule has 0 bridgehead atoms. The summed E-state index contributed by atoms with van der Waals surface area (Å²) >= 11 is 0. The molecule has 2 aromatic rings. The van der Waals surface area contributed by atoms with Crippen LogP contribution in [-0.2, 0) is 6.54 Å². The van der Waals surface area contributed by atoms with E-state index < -0.39 is 0 Å². The first kappa shape index (κ1) is 10.8. The number of halogens is 1. The Morgan fingerprint density at radius 2 is 2.06 bits per heavy atom. The predicted molar refractivity (Wildman–Crippen MR) is 62.3 cm³/mol. The molecule has 0 aliphatic carbocycles. The molecule has 0 aliphatic heterocycles. The number of pyridine rings is 1. The maximum absolute atomic E-state index is 13.6. The lowest BCUT2D eigenvalue weighted by molar-refractivity contribution is 0.625. The standard InChI is InChI=1S/C13H13FN2/c1-9-6-10(7-15)2-3-11(9)12-4-5-16-8-13(12)14/h2-6,8H,7,15H2,1H3. The second kappa shape index (κ2) is 4.41. The van der Waals surface area contributed by atoms with E-state index in [1.807, 2.05) is 25.1 Å².